The molecular formula is C17H26N6O. The second kappa shape index (κ2) is 7.17. The number of nitrogens with one attached hydrogen (secondary N) is 2. The van der Waals surface area contributed by atoms with Crippen molar-refractivity contribution >= 4 is 11.7 Å². The normalized spacial score (nSPS) is 18.4. The van der Waals surface area contributed by atoms with Crippen LogP contribution in [0.5, 0.6) is 0 Å². The van der Waals surface area contributed by atoms with Crippen molar-refractivity contribution in [1.29, 1.82) is 0 Å². The van der Waals surface area contributed by atoms with Crippen LogP contribution in [0.1, 0.15) is 51.4 Å². The van der Waals surface area contributed by atoms with Gasteiger partial charge in [0.2, 0.25) is 5.91 Å². The topological polar surface area (TPSA) is 76.8 Å². The van der Waals surface area contributed by atoms with E-state index >= 15 is 0 Å². The fourth-order valence-corrected chi connectivity index (χ4v) is 3.17. The van der Waals surface area contributed by atoms with Crippen LogP contribution in [0.25, 0.3) is 0 Å². The number of nitrogens with zero attached hydrogens (tertiary/aromatic N) is 4. The third kappa shape index (κ3) is 3.51. The zero-order valence-corrected chi connectivity index (χ0v) is 14.6. The highest BCUT2D eigenvalue weighted by atomic mass is 16.2. The van der Waals surface area contributed by atoms with Crippen molar-refractivity contribution in [2.24, 2.45) is 0 Å². The molecule has 0 spiro atoms. The van der Waals surface area contributed by atoms with Crippen LogP contribution in [0, 0.1) is 0 Å². The summed E-state index contributed by atoms with van der Waals surface area (Å²) >= 11 is 0. The Kier molecular flexibility index (Phi) is 4.99. The molecule has 0 saturated carbocycles. The fraction of sp³-hybridized carbons (Fsp3) is 0.588. The van der Waals surface area contributed by atoms with Crippen molar-refractivity contribution in [1.82, 2.24) is 24.6 Å². The van der Waals surface area contributed by atoms with Crippen LogP contribution < -0.4 is 10.6 Å². The quantitative estimate of drug-likeness (QED) is 0.851. The van der Waals surface area contributed by atoms with E-state index in [9.17, 15) is 4.79 Å². The number of aromatic nitrogens is 4. The lowest BCUT2D eigenvalue weighted by Gasteiger charge is -2.25. The molecule has 2 atom stereocenters. The smallest absolute Gasteiger partial charge is 0.242 e. The first-order valence-corrected chi connectivity index (χ1v) is 8.65. The van der Waals surface area contributed by atoms with Gasteiger partial charge in [-0.25, -0.2) is 9.67 Å². The van der Waals surface area contributed by atoms with Crippen LogP contribution >= 0.6 is 0 Å². The van der Waals surface area contributed by atoms with Gasteiger partial charge in [-0.3, -0.25) is 4.79 Å². The Balaban J connectivity index is 1.55. The average Bonchev–Trinajstić information content (AvgIpc) is 3.21. The number of anilines is 1. The Labute approximate surface area is 142 Å². The van der Waals surface area contributed by atoms with Gasteiger partial charge >= 0.3 is 0 Å². The van der Waals surface area contributed by atoms with Crippen molar-refractivity contribution in [3.63, 3.8) is 0 Å². The molecule has 0 aromatic carbocycles. The number of fused-ring (bicyclic) bond motifs is 1. The van der Waals surface area contributed by atoms with E-state index in [0.29, 0.717) is 5.92 Å². The van der Waals surface area contributed by atoms with E-state index < -0.39 is 0 Å². The summed E-state index contributed by atoms with van der Waals surface area (Å²) in [5.74, 6) is 2.18. The van der Waals surface area contributed by atoms with Crippen LogP contribution in [0.15, 0.2) is 24.7 Å². The molecule has 0 radical (unpaired) electrons. The molecule has 2 N–H and O–H groups in total. The minimum Gasteiger partial charge on any atom is -0.335 e. The third-order valence-electron chi connectivity index (χ3n) is 4.54. The molecule has 7 nitrogen and oxygen atoms in total. The molecule has 2 aromatic rings. The highest BCUT2D eigenvalue weighted by molar-refractivity contribution is 5.93. The Morgan fingerprint density at radius 3 is 3.00 bits per heavy atom. The number of hydrogen-bond acceptors (Lipinski definition) is 4. The molecule has 0 unspecified atom stereocenters. The third-order valence-corrected chi connectivity index (χ3v) is 4.54. The predicted molar refractivity (Wildman–Crippen MR) is 92.9 cm³/mol. The van der Waals surface area contributed by atoms with E-state index in [1.54, 1.807) is 6.20 Å². The van der Waals surface area contributed by atoms with Gasteiger partial charge in [0.25, 0.3) is 0 Å². The molecule has 1 amide bonds. The lowest BCUT2D eigenvalue weighted by atomic mass is 9.98. The summed E-state index contributed by atoms with van der Waals surface area (Å²) in [4.78, 5) is 16.9. The maximum absolute atomic E-state index is 12.4. The summed E-state index contributed by atoms with van der Waals surface area (Å²) in [6.45, 7) is 7.77. The van der Waals surface area contributed by atoms with Crippen LogP contribution in [-0.2, 0) is 11.3 Å². The maximum atomic E-state index is 12.4. The van der Waals surface area contributed by atoms with Crippen LogP contribution in [0.3, 0.4) is 0 Å². The Morgan fingerprint density at radius 2 is 2.21 bits per heavy atom. The van der Waals surface area contributed by atoms with Gasteiger partial charge in [-0.2, -0.15) is 5.10 Å². The van der Waals surface area contributed by atoms with Crippen LogP contribution in [0.2, 0.25) is 0 Å². The molecule has 1 aliphatic rings. The lowest BCUT2D eigenvalue weighted by molar-refractivity contribution is -0.117. The van der Waals surface area contributed by atoms with E-state index in [-0.39, 0.29) is 18.0 Å². The minimum absolute atomic E-state index is 0.0449. The minimum atomic E-state index is -0.272. The molecule has 7 heteroatoms. The molecule has 3 heterocycles. The largest absolute Gasteiger partial charge is 0.335 e. The summed E-state index contributed by atoms with van der Waals surface area (Å²) in [6, 6.07) is 1.76. The molecule has 2 aromatic heterocycles. The molecule has 130 valence electrons. The Hall–Kier alpha value is -2.15. The van der Waals surface area contributed by atoms with Gasteiger partial charge < -0.3 is 15.2 Å². The fourth-order valence-electron chi connectivity index (χ4n) is 3.17. The van der Waals surface area contributed by atoms with Crippen molar-refractivity contribution in [3.05, 3.63) is 30.5 Å². The summed E-state index contributed by atoms with van der Waals surface area (Å²) < 4.78 is 4.02. The van der Waals surface area contributed by atoms with Crippen molar-refractivity contribution in [2.45, 2.75) is 58.2 Å². The molecule has 0 aliphatic carbocycles. The molecule has 3 rings (SSSR count). The first-order valence-electron chi connectivity index (χ1n) is 8.65. The van der Waals surface area contributed by atoms with Gasteiger partial charge in [0.1, 0.15) is 11.6 Å². The summed E-state index contributed by atoms with van der Waals surface area (Å²) in [6.07, 6.45) is 7.86. The first kappa shape index (κ1) is 16.7. The molecule has 1 aliphatic heterocycles. The number of imidazole rings is 1. The van der Waals surface area contributed by atoms with Gasteiger partial charge in [0.15, 0.2) is 0 Å². The maximum Gasteiger partial charge on any atom is 0.242 e. The van der Waals surface area contributed by atoms with E-state index in [4.69, 9.17) is 0 Å². The number of amides is 1. The zero-order chi connectivity index (χ0) is 17.1. The molecule has 0 bridgehead atoms. The molecule has 0 saturated heterocycles. The molecule has 0 fully saturated rings. The van der Waals surface area contributed by atoms with Gasteiger partial charge in [-0.05, 0) is 33.6 Å². The van der Waals surface area contributed by atoms with Crippen LogP contribution in [0.4, 0.5) is 5.82 Å². The number of rotatable bonds is 6. The van der Waals surface area contributed by atoms with Gasteiger partial charge in [0.05, 0.1) is 12.2 Å². The van der Waals surface area contributed by atoms with Crippen molar-refractivity contribution in [2.75, 3.05) is 11.9 Å². The number of carbonyl (C=O) groups excluding carboxylic acids is 1. The van der Waals surface area contributed by atoms with E-state index in [0.717, 1.165) is 37.6 Å². The van der Waals surface area contributed by atoms with Crippen molar-refractivity contribution < 1.29 is 4.79 Å². The van der Waals surface area contributed by atoms with E-state index in [2.05, 4.69) is 25.3 Å². The number of carbonyl (C=O) groups is 1. The molecule has 24 heavy (non-hydrogen) atoms. The highest BCUT2D eigenvalue weighted by Gasteiger charge is 2.23. The van der Waals surface area contributed by atoms with E-state index in [1.807, 2.05) is 43.9 Å². The average molecular weight is 330 g/mol. The summed E-state index contributed by atoms with van der Waals surface area (Å²) in [5.41, 5.74) is 0. The highest BCUT2D eigenvalue weighted by Crippen LogP contribution is 2.25. The lowest BCUT2D eigenvalue weighted by Crippen LogP contribution is -2.41. The van der Waals surface area contributed by atoms with Crippen molar-refractivity contribution in [3.8, 4) is 0 Å². The Morgan fingerprint density at radius 1 is 1.38 bits per heavy atom. The van der Waals surface area contributed by atoms with Crippen LogP contribution in [-0.4, -0.2) is 37.8 Å². The number of hydrogen-bond donors (Lipinski definition) is 2. The Bertz CT molecular complexity index is 689. The summed E-state index contributed by atoms with van der Waals surface area (Å²) in [5, 5.41) is 10.5. The SMILES string of the molecule is CC(C)n1nccc1NC(=O)[C@H](C)NC[C@@H]1CCCn2ccnc21. The second-order valence-electron chi connectivity index (χ2n) is 6.69. The van der Waals surface area contributed by atoms with Gasteiger partial charge in [-0.1, -0.05) is 0 Å². The summed E-state index contributed by atoms with van der Waals surface area (Å²) in [7, 11) is 0. The standard InChI is InChI=1S/C17H26N6O/c1-12(2)23-15(6-7-20-23)21-17(24)13(3)19-11-14-5-4-9-22-10-8-18-16(14)22/h6-8,10,12-14,19H,4-5,9,11H2,1-3H3,(H,21,24)/t13-,14-/m0/s1. The zero-order valence-electron chi connectivity index (χ0n) is 14.6. The first-order chi connectivity index (χ1) is 11.6. The molecular weight excluding hydrogens is 304 g/mol. The predicted octanol–water partition coefficient (Wildman–Crippen LogP) is 2.15. The second-order valence-corrected chi connectivity index (χ2v) is 6.69. The van der Waals surface area contributed by atoms with Gasteiger partial charge in [0, 0.05) is 43.5 Å². The monoisotopic (exact) mass is 330 g/mol. The number of aryl methyl sites for hydroxylation is 1. The van der Waals surface area contributed by atoms with E-state index in [1.165, 1.54) is 0 Å². The van der Waals surface area contributed by atoms with Gasteiger partial charge in [-0.15, -0.1) is 0 Å².